The maximum Gasteiger partial charge on any atom is 0.0960 e. The molecule has 10 heavy (non-hydrogen) atoms. The largest absolute Gasteiger partial charge is 0.128 e. The summed E-state index contributed by atoms with van der Waals surface area (Å²) in [6, 6.07) is 2.09. The van der Waals surface area contributed by atoms with Crippen molar-refractivity contribution < 1.29 is 0 Å². The zero-order valence-electron chi connectivity index (χ0n) is 6.86. The molecule has 0 N–H and O–H groups in total. The Kier molecular flexibility index (Phi) is 4.75. The van der Waals surface area contributed by atoms with Crippen LogP contribution in [0.3, 0.4) is 0 Å². The molecule has 0 spiro atoms. The van der Waals surface area contributed by atoms with E-state index in [2.05, 4.69) is 13.0 Å². The van der Waals surface area contributed by atoms with E-state index in [1.54, 1.807) is 11.3 Å². The van der Waals surface area contributed by atoms with Gasteiger partial charge < -0.3 is 0 Å². The molecule has 0 amide bonds. The van der Waals surface area contributed by atoms with Gasteiger partial charge in [-0.1, -0.05) is 25.4 Å². The highest BCUT2D eigenvalue weighted by molar-refractivity contribution is 7.16. The van der Waals surface area contributed by atoms with Crippen molar-refractivity contribution in [2.24, 2.45) is 0 Å². The van der Waals surface area contributed by atoms with Crippen LogP contribution in [0.15, 0.2) is 6.07 Å². The van der Waals surface area contributed by atoms with Crippen molar-refractivity contribution >= 4 is 22.9 Å². The summed E-state index contributed by atoms with van der Waals surface area (Å²) in [7, 11) is 0. The highest BCUT2D eigenvalue weighted by Gasteiger charge is 1.96. The number of thiophene rings is 1. The first-order chi connectivity index (χ1) is 4.70. The first-order valence-electron chi connectivity index (χ1n) is 3.42. The van der Waals surface area contributed by atoms with Crippen molar-refractivity contribution in [1.29, 1.82) is 0 Å². The fraction of sp³-hybridized carbons (Fsp3) is 0.500. The third kappa shape index (κ3) is 2.72. The molecule has 0 unspecified atom stereocenters. The van der Waals surface area contributed by atoms with Crippen LogP contribution < -0.4 is 0 Å². The van der Waals surface area contributed by atoms with E-state index >= 15 is 0 Å². The number of halogens is 1. The number of aryl methyl sites for hydroxylation is 2. The van der Waals surface area contributed by atoms with Gasteiger partial charge in [0.2, 0.25) is 0 Å². The Balaban J connectivity index is 0.000000371. The molecule has 1 heterocycles. The normalized spacial score (nSPS) is 8.50. The van der Waals surface area contributed by atoms with Gasteiger partial charge in [-0.3, -0.25) is 0 Å². The van der Waals surface area contributed by atoms with Gasteiger partial charge in [-0.2, -0.15) is 0 Å². The van der Waals surface area contributed by atoms with E-state index < -0.39 is 0 Å². The maximum absolute atomic E-state index is 5.75. The van der Waals surface area contributed by atoms with E-state index in [9.17, 15) is 0 Å². The summed E-state index contributed by atoms with van der Waals surface area (Å²) in [5.41, 5.74) is 1.19. The molecule has 0 aliphatic heterocycles. The van der Waals surface area contributed by atoms with Gasteiger partial charge >= 0.3 is 0 Å². The minimum Gasteiger partial charge on any atom is -0.128 e. The Morgan fingerprint density at radius 3 is 1.90 bits per heavy atom. The minimum atomic E-state index is 0.919. The highest BCUT2D eigenvalue weighted by Crippen LogP contribution is 2.25. The molecular formula is C8H13ClS. The molecule has 0 atom stereocenters. The van der Waals surface area contributed by atoms with Crippen LogP contribution >= 0.6 is 22.9 Å². The maximum atomic E-state index is 5.75. The lowest BCUT2D eigenvalue weighted by molar-refractivity contribution is 1.50. The summed E-state index contributed by atoms with van der Waals surface area (Å²) in [4.78, 5) is 1.28. The standard InChI is InChI=1S/C6H7ClS.C2H6/c1-4-3-5(2)8-6(4)7;1-2/h3H,1-2H3;1-2H3. The fourth-order valence-electron chi connectivity index (χ4n) is 0.613. The van der Waals surface area contributed by atoms with Crippen molar-refractivity contribution in [3.05, 3.63) is 20.8 Å². The second-order valence-corrected chi connectivity index (χ2v) is 3.67. The van der Waals surface area contributed by atoms with E-state index in [4.69, 9.17) is 11.6 Å². The molecule has 0 aromatic carbocycles. The van der Waals surface area contributed by atoms with Crippen molar-refractivity contribution in [3.63, 3.8) is 0 Å². The van der Waals surface area contributed by atoms with Crippen LogP contribution in [0.1, 0.15) is 24.3 Å². The first kappa shape index (κ1) is 9.99. The van der Waals surface area contributed by atoms with Crippen LogP contribution in [0.5, 0.6) is 0 Å². The SMILES string of the molecule is CC.Cc1cc(C)c(Cl)s1. The second-order valence-electron chi connectivity index (χ2n) is 1.81. The molecule has 0 radical (unpaired) electrons. The van der Waals surface area contributed by atoms with E-state index in [-0.39, 0.29) is 0 Å². The zero-order chi connectivity index (χ0) is 8.15. The van der Waals surface area contributed by atoms with Gasteiger partial charge in [0, 0.05) is 4.88 Å². The monoisotopic (exact) mass is 176 g/mol. The van der Waals surface area contributed by atoms with Crippen LogP contribution in [0.2, 0.25) is 4.34 Å². The second kappa shape index (κ2) is 4.75. The topological polar surface area (TPSA) is 0 Å². The molecule has 58 valence electrons. The van der Waals surface area contributed by atoms with E-state index in [0.29, 0.717) is 0 Å². The molecule has 1 aromatic heterocycles. The van der Waals surface area contributed by atoms with Crippen molar-refractivity contribution in [3.8, 4) is 0 Å². The van der Waals surface area contributed by atoms with Gasteiger partial charge in [0.25, 0.3) is 0 Å². The lowest BCUT2D eigenvalue weighted by atomic mass is 10.4. The highest BCUT2D eigenvalue weighted by atomic mass is 35.5. The zero-order valence-corrected chi connectivity index (χ0v) is 8.44. The average Bonchev–Trinajstić information content (AvgIpc) is 2.16. The number of hydrogen-bond donors (Lipinski definition) is 0. The summed E-state index contributed by atoms with van der Waals surface area (Å²) >= 11 is 7.38. The van der Waals surface area contributed by atoms with Crippen molar-refractivity contribution in [2.45, 2.75) is 27.7 Å². The summed E-state index contributed by atoms with van der Waals surface area (Å²) in [6.45, 7) is 8.08. The Morgan fingerprint density at radius 1 is 1.30 bits per heavy atom. The van der Waals surface area contributed by atoms with Gasteiger partial charge in [0.1, 0.15) is 0 Å². The third-order valence-electron chi connectivity index (χ3n) is 0.980. The van der Waals surface area contributed by atoms with E-state index in [0.717, 1.165) is 4.34 Å². The van der Waals surface area contributed by atoms with Crippen LogP contribution in [0.4, 0.5) is 0 Å². The summed E-state index contributed by atoms with van der Waals surface area (Å²) in [6.07, 6.45) is 0. The van der Waals surface area contributed by atoms with Crippen molar-refractivity contribution in [1.82, 2.24) is 0 Å². The van der Waals surface area contributed by atoms with Crippen LogP contribution in [-0.2, 0) is 0 Å². The molecular weight excluding hydrogens is 164 g/mol. The van der Waals surface area contributed by atoms with Crippen LogP contribution in [-0.4, -0.2) is 0 Å². The van der Waals surface area contributed by atoms with Crippen molar-refractivity contribution in [2.75, 3.05) is 0 Å². The predicted molar refractivity (Wildman–Crippen MR) is 50.2 cm³/mol. The molecule has 0 aliphatic carbocycles. The van der Waals surface area contributed by atoms with Gasteiger partial charge in [-0.25, -0.2) is 0 Å². The van der Waals surface area contributed by atoms with Gasteiger partial charge in [0.15, 0.2) is 0 Å². The smallest absolute Gasteiger partial charge is 0.0960 e. The quantitative estimate of drug-likeness (QED) is 0.560. The predicted octanol–water partition coefficient (Wildman–Crippen LogP) is 4.04. The van der Waals surface area contributed by atoms with Gasteiger partial charge in [-0.05, 0) is 25.5 Å². The Labute approximate surface area is 71.8 Å². The molecule has 0 bridgehead atoms. The third-order valence-corrected chi connectivity index (χ3v) is 2.45. The van der Waals surface area contributed by atoms with Gasteiger partial charge in [0.05, 0.1) is 4.34 Å². The van der Waals surface area contributed by atoms with E-state index in [1.165, 1.54) is 10.4 Å². The summed E-state index contributed by atoms with van der Waals surface area (Å²) in [5.74, 6) is 0. The summed E-state index contributed by atoms with van der Waals surface area (Å²) in [5, 5.41) is 0. The van der Waals surface area contributed by atoms with Crippen LogP contribution in [0, 0.1) is 13.8 Å². The molecule has 0 aliphatic rings. The fourth-order valence-corrected chi connectivity index (χ4v) is 1.77. The lowest BCUT2D eigenvalue weighted by Crippen LogP contribution is -1.56. The number of rotatable bonds is 0. The summed E-state index contributed by atoms with van der Waals surface area (Å²) < 4.78 is 0.919. The van der Waals surface area contributed by atoms with E-state index in [1.807, 2.05) is 20.8 Å². The molecule has 0 saturated heterocycles. The molecule has 1 aromatic rings. The Morgan fingerprint density at radius 2 is 1.80 bits per heavy atom. The minimum absolute atomic E-state index is 0.919. The molecule has 0 nitrogen and oxygen atoms in total. The first-order valence-corrected chi connectivity index (χ1v) is 4.62. The Hall–Kier alpha value is -0.0100. The van der Waals surface area contributed by atoms with Gasteiger partial charge in [-0.15, -0.1) is 11.3 Å². The Bertz CT molecular complexity index is 172. The average molecular weight is 177 g/mol. The molecule has 0 saturated carbocycles. The lowest BCUT2D eigenvalue weighted by Gasteiger charge is -1.76. The molecule has 1 rings (SSSR count). The molecule has 2 heteroatoms. The van der Waals surface area contributed by atoms with Crippen LogP contribution in [0.25, 0.3) is 0 Å². The number of hydrogen-bond acceptors (Lipinski definition) is 1. The molecule has 0 fully saturated rings.